The number of carbonyl (C=O) groups is 1. The van der Waals surface area contributed by atoms with Gasteiger partial charge in [-0.05, 0) is 36.6 Å². The van der Waals surface area contributed by atoms with Crippen molar-refractivity contribution in [3.05, 3.63) is 41.7 Å². The lowest BCUT2D eigenvalue weighted by Gasteiger charge is -2.06. The minimum absolute atomic E-state index is 0. The molecule has 0 spiro atoms. The van der Waals surface area contributed by atoms with Crippen molar-refractivity contribution in [2.75, 3.05) is 13.1 Å². The summed E-state index contributed by atoms with van der Waals surface area (Å²) in [6, 6.07) is 7.86. The second kappa shape index (κ2) is 8.55. The Hall–Kier alpha value is -2.05. The van der Waals surface area contributed by atoms with Crippen molar-refractivity contribution in [2.24, 2.45) is 5.73 Å². The largest absolute Gasteiger partial charge is 0.504 e. The number of carbonyl (C=O) groups excluding carboxylic acids is 1. The van der Waals surface area contributed by atoms with Crippen molar-refractivity contribution in [2.45, 2.75) is 26.2 Å². The molecule has 7 heteroatoms. The van der Waals surface area contributed by atoms with Crippen molar-refractivity contribution in [1.82, 2.24) is 15.1 Å². The van der Waals surface area contributed by atoms with E-state index in [9.17, 15) is 9.90 Å². The highest BCUT2D eigenvalue weighted by atomic mass is 35.5. The predicted molar refractivity (Wildman–Crippen MR) is 92.6 cm³/mol. The van der Waals surface area contributed by atoms with Crippen LogP contribution in [0.5, 0.6) is 5.75 Å². The third-order valence-electron chi connectivity index (χ3n) is 3.40. The number of aromatic hydroxyl groups is 1. The molecule has 0 fully saturated rings. The quantitative estimate of drug-likeness (QED) is 0.704. The number of hydrogen-bond donors (Lipinski definition) is 3. The third-order valence-corrected chi connectivity index (χ3v) is 3.40. The molecule has 0 saturated carbocycles. The molecule has 0 aliphatic heterocycles. The van der Waals surface area contributed by atoms with E-state index in [1.165, 1.54) is 16.4 Å². The molecule has 4 N–H and O–H groups in total. The van der Waals surface area contributed by atoms with Crippen LogP contribution >= 0.6 is 12.4 Å². The van der Waals surface area contributed by atoms with Crippen molar-refractivity contribution in [3.8, 4) is 11.4 Å². The first-order chi connectivity index (χ1) is 10.5. The van der Waals surface area contributed by atoms with E-state index in [0.29, 0.717) is 25.4 Å². The first-order valence-corrected chi connectivity index (χ1v) is 7.40. The van der Waals surface area contributed by atoms with Crippen molar-refractivity contribution in [3.63, 3.8) is 0 Å². The van der Waals surface area contributed by atoms with Crippen LogP contribution in [0.4, 0.5) is 0 Å². The number of halogens is 1. The highest BCUT2D eigenvalue weighted by molar-refractivity contribution is 5.94. The smallest absolute Gasteiger partial charge is 0.275 e. The van der Waals surface area contributed by atoms with Gasteiger partial charge in [-0.3, -0.25) is 4.79 Å². The van der Waals surface area contributed by atoms with E-state index in [-0.39, 0.29) is 23.9 Å². The molecular formula is C16H23ClN4O2. The molecule has 0 aliphatic rings. The lowest BCUT2D eigenvalue weighted by atomic mass is 10.0. The van der Waals surface area contributed by atoms with Crippen LogP contribution in [0, 0.1) is 0 Å². The molecule has 6 nitrogen and oxygen atoms in total. The van der Waals surface area contributed by atoms with Crippen molar-refractivity contribution in [1.29, 1.82) is 0 Å². The summed E-state index contributed by atoms with van der Waals surface area (Å²) >= 11 is 0. The lowest BCUT2D eigenvalue weighted by Crippen LogP contribution is -2.26. The van der Waals surface area contributed by atoms with Gasteiger partial charge in [-0.15, -0.1) is 12.4 Å². The predicted octanol–water partition coefficient (Wildman–Crippen LogP) is 2.20. The van der Waals surface area contributed by atoms with Crippen LogP contribution in [0.15, 0.2) is 30.5 Å². The van der Waals surface area contributed by atoms with Crippen LogP contribution in [-0.2, 0) is 0 Å². The fraction of sp³-hybridized carbons (Fsp3) is 0.375. The molecule has 2 aromatic rings. The number of benzene rings is 1. The zero-order valence-corrected chi connectivity index (χ0v) is 14.1. The normalized spacial score (nSPS) is 10.4. The van der Waals surface area contributed by atoms with Crippen LogP contribution in [0.25, 0.3) is 5.69 Å². The van der Waals surface area contributed by atoms with Gasteiger partial charge in [-0.25, -0.2) is 4.68 Å². The number of nitrogens with two attached hydrogens (primary N) is 1. The Morgan fingerprint density at radius 1 is 1.35 bits per heavy atom. The van der Waals surface area contributed by atoms with Crippen LogP contribution < -0.4 is 11.1 Å². The number of nitrogens with zero attached hydrogens (tertiary/aromatic N) is 2. The van der Waals surface area contributed by atoms with Gasteiger partial charge in [0.1, 0.15) is 0 Å². The monoisotopic (exact) mass is 338 g/mol. The van der Waals surface area contributed by atoms with Gasteiger partial charge < -0.3 is 16.2 Å². The molecule has 0 radical (unpaired) electrons. The molecule has 1 heterocycles. The summed E-state index contributed by atoms with van der Waals surface area (Å²) in [5.41, 5.74) is 7.41. The van der Waals surface area contributed by atoms with Gasteiger partial charge in [0.25, 0.3) is 5.91 Å². The molecule has 1 aromatic carbocycles. The summed E-state index contributed by atoms with van der Waals surface area (Å²) in [4.78, 5) is 11.9. The van der Waals surface area contributed by atoms with Gasteiger partial charge in [0.2, 0.25) is 0 Å². The molecule has 2 rings (SSSR count). The van der Waals surface area contributed by atoms with E-state index in [0.717, 1.165) is 5.69 Å². The van der Waals surface area contributed by atoms with Gasteiger partial charge in [0.05, 0.1) is 11.9 Å². The summed E-state index contributed by atoms with van der Waals surface area (Å²) in [5.74, 6) is -0.0920. The molecule has 0 atom stereocenters. The number of nitrogens with one attached hydrogen (secondary N) is 1. The highest BCUT2D eigenvalue weighted by Gasteiger charge is 2.16. The number of hydrogen-bond acceptors (Lipinski definition) is 4. The van der Waals surface area contributed by atoms with Crippen molar-refractivity contribution < 1.29 is 9.90 Å². The topological polar surface area (TPSA) is 93.2 Å². The van der Waals surface area contributed by atoms with Gasteiger partial charge in [-0.1, -0.05) is 26.0 Å². The van der Waals surface area contributed by atoms with Gasteiger partial charge in [0, 0.05) is 6.54 Å². The van der Waals surface area contributed by atoms with E-state index >= 15 is 0 Å². The molecule has 0 unspecified atom stereocenters. The summed E-state index contributed by atoms with van der Waals surface area (Å²) in [6.45, 7) is 5.21. The summed E-state index contributed by atoms with van der Waals surface area (Å²) in [7, 11) is 0. The Labute approximate surface area is 142 Å². The molecular weight excluding hydrogens is 316 g/mol. The van der Waals surface area contributed by atoms with Gasteiger partial charge in [0.15, 0.2) is 11.4 Å². The van der Waals surface area contributed by atoms with E-state index in [1.54, 1.807) is 0 Å². The molecule has 23 heavy (non-hydrogen) atoms. The van der Waals surface area contributed by atoms with Gasteiger partial charge >= 0.3 is 0 Å². The number of aromatic nitrogens is 2. The minimum Gasteiger partial charge on any atom is -0.504 e. The van der Waals surface area contributed by atoms with Crippen molar-refractivity contribution >= 4 is 18.3 Å². The number of rotatable bonds is 6. The molecule has 1 aromatic heterocycles. The molecule has 1 amide bonds. The molecule has 126 valence electrons. The van der Waals surface area contributed by atoms with E-state index in [4.69, 9.17) is 5.73 Å². The SMILES string of the molecule is CC(C)c1ccc(-n2cc(O)c(C(=O)NCCCN)n2)cc1.Cl. The van der Waals surface area contributed by atoms with Crippen LogP contribution in [0.3, 0.4) is 0 Å². The Balaban J connectivity index is 0.00000264. The zero-order valence-electron chi connectivity index (χ0n) is 13.3. The second-order valence-corrected chi connectivity index (χ2v) is 5.45. The Morgan fingerprint density at radius 3 is 2.57 bits per heavy atom. The first kappa shape index (κ1) is 19.0. The number of amides is 1. The molecule has 0 saturated heterocycles. The molecule has 0 aliphatic carbocycles. The minimum atomic E-state index is -0.400. The fourth-order valence-electron chi connectivity index (χ4n) is 2.06. The maximum Gasteiger partial charge on any atom is 0.275 e. The maximum absolute atomic E-state index is 11.9. The Bertz CT molecular complexity index is 638. The van der Waals surface area contributed by atoms with E-state index in [1.807, 2.05) is 24.3 Å². The average Bonchev–Trinajstić information content (AvgIpc) is 2.89. The summed E-state index contributed by atoms with van der Waals surface area (Å²) in [5, 5.41) is 16.7. The van der Waals surface area contributed by atoms with Crippen LogP contribution in [-0.4, -0.2) is 33.9 Å². The average molecular weight is 339 g/mol. The maximum atomic E-state index is 11.9. The molecule has 0 bridgehead atoms. The zero-order chi connectivity index (χ0) is 16.1. The van der Waals surface area contributed by atoms with E-state index in [2.05, 4.69) is 24.3 Å². The third kappa shape index (κ3) is 4.71. The van der Waals surface area contributed by atoms with E-state index < -0.39 is 5.91 Å². The fourth-order valence-corrected chi connectivity index (χ4v) is 2.06. The Kier molecular flexibility index (Phi) is 7.06. The van der Waals surface area contributed by atoms with Crippen LogP contribution in [0.2, 0.25) is 0 Å². The Morgan fingerprint density at radius 2 is 2.00 bits per heavy atom. The van der Waals surface area contributed by atoms with Gasteiger partial charge in [-0.2, -0.15) is 5.10 Å². The lowest BCUT2D eigenvalue weighted by molar-refractivity contribution is 0.0945. The second-order valence-electron chi connectivity index (χ2n) is 5.45. The first-order valence-electron chi connectivity index (χ1n) is 7.40. The van der Waals surface area contributed by atoms with Crippen LogP contribution in [0.1, 0.15) is 42.2 Å². The summed E-state index contributed by atoms with van der Waals surface area (Å²) in [6.07, 6.45) is 2.12. The highest BCUT2D eigenvalue weighted by Crippen LogP contribution is 2.20. The summed E-state index contributed by atoms with van der Waals surface area (Å²) < 4.78 is 1.50. The standard InChI is InChI=1S/C16H22N4O2.ClH/c1-11(2)12-4-6-13(7-5-12)20-10-14(21)15(19-20)16(22)18-9-3-8-17;/h4-7,10-11,21H,3,8-9,17H2,1-2H3,(H,18,22);1H.